The van der Waals surface area contributed by atoms with E-state index in [2.05, 4.69) is 31.1 Å². The number of fused-ring (bicyclic) bond motifs is 1. The maximum atomic E-state index is 13.0. The zero-order valence-corrected chi connectivity index (χ0v) is 26.7. The van der Waals surface area contributed by atoms with Crippen LogP contribution >= 0.6 is 34.9 Å². The van der Waals surface area contributed by atoms with Gasteiger partial charge in [-0.3, -0.25) is 9.59 Å². The molecule has 2 amide bonds. The van der Waals surface area contributed by atoms with Crippen LogP contribution in [0.4, 0.5) is 5.69 Å². The summed E-state index contributed by atoms with van der Waals surface area (Å²) in [5.41, 5.74) is 4.61. The van der Waals surface area contributed by atoms with Crippen molar-refractivity contribution in [3.63, 3.8) is 0 Å². The Bertz CT molecular complexity index is 1840. The van der Waals surface area contributed by atoms with E-state index < -0.39 is 5.25 Å². The number of rotatable bonds is 12. The topological polar surface area (TPSA) is 115 Å². The Hall–Kier alpha value is -4.52. The van der Waals surface area contributed by atoms with Crippen LogP contribution in [0.3, 0.4) is 0 Å². The average Bonchev–Trinajstić information content (AvgIpc) is 3.69. The predicted octanol–water partition coefficient (Wildman–Crippen LogP) is 6.45. The molecule has 0 saturated heterocycles. The van der Waals surface area contributed by atoms with E-state index in [0.717, 1.165) is 31.2 Å². The Balaban J connectivity index is 1.05. The molecule has 0 bridgehead atoms. The molecule has 0 fully saturated rings. The number of carbonyl (C=O) groups excluding carboxylic acids is 2. The van der Waals surface area contributed by atoms with Crippen LogP contribution < -0.4 is 10.6 Å². The van der Waals surface area contributed by atoms with Crippen molar-refractivity contribution < 1.29 is 9.59 Å². The fourth-order valence-electron chi connectivity index (χ4n) is 4.61. The first-order chi connectivity index (χ1) is 22.0. The minimum atomic E-state index is -0.428. The SMILES string of the molecule is C[C@H](Sc1nnnn1Cc1ccccc1)C(=O)Nc1ccc2nc(SCC(=O)NC(c3ccccc3)c3ccccc3)sc2c1. The summed E-state index contributed by atoms with van der Waals surface area (Å²) in [6.45, 7) is 2.35. The molecule has 0 spiro atoms. The fraction of sp³-hybridized carbons (Fsp3) is 0.152. The van der Waals surface area contributed by atoms with E-state index in [1.807, 2.05) is 116 Å². The third-order valence-electron chi connectivity index (χ3n) is 6.86. The number of amides is 2. The van der Waals surface area contributed by atoms with Gasteiger partial charge in [-0.2, -0.15) is 0 Å². The normalized spacial score (nSPS) is 11.9. The largest absolute Gasteiger partial charge is 0.344 e. The molecule has 0 aliphatic heterocycles. The van der Waals surface area contributed by atoms with Crippen LogP contribution in [0.15, 0.2) is 119 Å². The number of hydrogen-bond acceptors (Lipinski definition) is 9. The second-order valence-corrected chi connectivity index (χ2v) is 13.7. The second-order valence-electron chi connectivity index (χ2n) is 10.1. The Labute approximate surface area is 272 Å². The van der Waals surface area contributed by atoms with Crippen LogP contribution in [0.5, 0.6) is 0 Å². The molecule has 6 aromatic rings. The van der Waals surface area contributed by atoms with E-state index in [9.17, 15) is 9.59 Å². The van der Waals surface area contributed by atoms with Crippen molar-refractivity contribution >= 4 is 62.6 Å². The molecule has 0 aliphatic rings. The molecule has 226 valence electrons. The van der Waals surface area contributed by atoms with Gasteiger partial charge in [0, 0.05) is 5.69 Å². The third-order valence-corrected chi connectivity index (χ3v) is 10.1. The van der Waals surface area contributed by atoms with Gasteiger partial charge in [-0.05, 0) is 52.2 Å². The predicted molar refractivity (Wildman–Crippen MR) is 181 cm³/mol. The van der Waals surface area contributed by atoms with Gasteiger partial charge in [0.25, 0.3) is 0 Å². The van der Waals surface area contributed by atoms with Gasteiger partial charge < -0.3 is 10.6 Å². The minimum Gasteiger partial charge on any atom is -0.344 e. The van der Waals surface area contributed by atoms with E-state index in [-0.39, 0.29) is 23.6 Å². The van der Waals surface area contributed by atoms with E-state index >= 15 is 0 Å². The molecular weight excluding hydrogens is 623 g/mol. The van der Waals surface area contributed by atoms with Gasteiger partial charge in [-0.1, -0.05) is 115 Å². The Morgan fingerprint density at radius 1 is 0.889 bits per heavy atom. The third kappa shape index (κ3) is 7.96. The van der Waals surface area contributed by atoms with Gasteiger partial charge in [0.15, 0.2) is 4.34 Å². The van der Waals surface area contributed by atoms with Crippen LogP contribution in [0, 0.1) is 0 Å². The molecule has 45 heavy (non-hydrogen) atoms. The monoisotopic (exact) mass is 651 g/mol. The minimum absolute atomic E-state index is 0.0776. The summed E-state index contributed by atoms with van der Waals surface area (Å²) in [6, 6.07) is 35.2. The van der Waals surface area contributed by atoms with Gasteiger partial charge in [-0.15, -0.1) is 16.4 Å². The maximum absolute atomic E-state index is 13.0. The van der Waals surface area contributed by atoms with Crippen molar-refractivity contribution in [2.24, 2.45) is 0 Å². The molecule has 9 nitrogen and oxygen atoms in total. The smallest absolute Gasteiger partial charge is 0.237 e. The van der Waals surface area contributed by atoms with Crippen molar-refractivity contribution in [3.8, 4) is 0 Å². The summed E-state index contributed by atoms with van der Waals surface area (Å²) in [7, 11) is 0. The molecule has 0 aliphatic carbocycles. The maximum Gasteiger partial charge on any atom is 0.237 e. The lowest BCUT2D eigenvalue weighted by Crippen LogP contribution is -2.30. The number of carbonyl (C=O) groups is 2. The molecule has 2 heterocycles. The van der Waals surface area contributed by atoms with Crippen LogP contribution in [0.1, 0.15) is 29.7 Å². The Morgan fingerprint density at radius 3 is 2.24 bits per heavy atom. The first kappa shape index (κ1) is 30.5. The molecule has 2 N–H and O–H groups in total. The first-order valence-corrected chi connectivity index (χ1v) is 16.9. The fourth-order valence-corrected chi connectivity index (χ4v) is 7.32. The second kappa shape index (κ2) is 14.5. The molecule has 0 radical (unpaired) electrons. The summed E-state index contributed by atoms with van der Waals surface area (Å²) >= 11 is 4.20. The van der Waals surface area contributed by atoms with Crippen LogP contribution in [0.2, 0.25) is 0 Å². The number of benzene rings is 4. The number of thioether (sulfide) groups is 2. The molecule has 12 heteroatoms. The van der Waals surface area contributed by atoms with E-state index in [4.69, 9.17) is 0 Å². The lowest BCUT2D eigenvalue weighted by molar-refractivity contribution is -0.119. The van der Waals surface area contributed by atoms with Crippen LogP contribution in [0.25, 0.3) is 10.2 Å². The summed E-state index contributed by atoms with van der Waals surface area (Å²) in [4.78, 5) is 30.8. The highest BCUT2D eigenvalue weighted by molar-refractivity contribution is 8.01. The Morgan fingerprint density at radius 2 is 1.56 bits per heavy atom. The molecule has 4 aromatic carbocycles. The number of hydrogen-bond donors (Lipinski definition) is 2. The zero-order chi connectivity index (χ0) is 31.0. The number of nitrogens with one attached hydrogen (secondary N) is 2. The quantitative estimate of drug-likeness (QED) is 0.145. The van der Waals surface area contributed by atoms with Gasteiger partial charge in [0.05, 0.1) is 33.8 Å². The van der Waals surface area contributed by atoms with Crippen molar-refractivity contribution in [2.45, 2.75) is 34.3 Å². The van der Waals surface area contributed by atoms with Gasteiger partial charge >= 0.3 is 0 Å². The van der Waals surface area contributed by atoms with E-state index in [1.165, 1.54) is 34.9 Å². The number of nitrogens with zero attached hydrogens (tertiary/aromatic N) is 5. The summed E-state index contributed by atoms with van der Waals surface area (Å²) in [6.07, 6.45) is 0. The van der Waals surface area contributed by atoms with E-state index in [1.54, 1.807) is 4.68 Å². The summed E-state index contributed by atoms with van der Waals surface area (Å²) in [5, 5.41) is 18.3. The average molecular weight is 652 g/mol. The van der Waals surface area contributed by atoms with Gasteiger partial charge in [0.1, 0.15) is 0 Å². The Kier molecular flexibility index (Phi) is 9.83. The number of anilines is 1. The number of tetrazole rings is 1. The zero-order valence-electron chi connectivity index (χ0n) is 24.2. The van der Waals surface area contributed by atoms with Crippen LogP contribution in [-0.2, 0) is 16.1 Å². The number of aromatic nitrogens is 5. The first-order valence-electron chi connectivity index (χ1n) is 14.2. The molecular formula is C33H29N7O2S3. The molecule has 6 rings (SSSR count). The standard InChI is InChI=1S/C33H29N7O2S3/c1-22(44-32-37-38-39-40(32)20-23-11-5-2-6-12-23)31(42)34-26-17-18-27-28(19-26)45-33(35-27)43-21-29(41)36-30(24-13-7-3-8-14-24)25-15-9-4-10-16-25/h2-19,22,30H,20-21H2,1H3,(H,34,42)(H,36,41)/t22-/m0/s1. The summed E-state index contributed by atoms with van der Waals surface area (Å²) < 4.78 is 3.40. The highest BCUT2D eigenvalue weighted by Crippen LogP contribution is 2.32. The molecule has 1 atom stereocenters. The van der Waals surface area contributed by atoms with Gasteiger partial charge in [0.2, 0.25) is 17.0 Å². The number of thiazole rings is 1. The van der Waals surface area contributed by atoms with Crippen molar-refractivity contribution in [1.82, 2.24) is 30.5 Å². The van der Waals surface area contributed by atoms with Crippen molar-refractivity contribution in [3.05, 3.63) is 126 Å². The lowest BCUT2D eigenvalue weighted by atomic mass is 9.99. The van der Waals surface area contributed by atoms with Crippen molar-refractivity contribution in [2.75, 3.05) is 11.1 Å². The molecule has 2 aromatic heterocycles. The highest BCUT2D eigenvalue weighted by Gasteiger charge is 2.20. The van der Waals surface area contributed by atoms with Crippen molar-refractivity contribution in [1.29, 1.82) is 0 Å². The molecule has 0 saturated carbocycles. The lowest BCUT2D eigenvalue weighted by Gasteiger charge is -2.19. The van der Waals surface area contributed by atoms with E-state index in [0.29, 0.717) is 17.4 Å². The van der Waals surface area contributed by atoms with Gasteiger partial charge in [-0.25, -0.2) is 9.67 Å². The highest BCUT2D eigenvalue weighted by atomic mass is 32.2. The molecule has 0 unspecified atom stereocenters. The summed E-state index contributed by atoms with van der Waals surface area (Å²) in [5.74, 6) is -0.0000778. The van der Waals surface area contributed by atoms with Crippen LogP contribution in [-0.4, -0.2) is 48.0 Å².